The first-order chi connectivity index (χ1) is 13.3. The summed E-state index contributed by atoms with van der Waals surface area (Å²) >= 11 is 9.87. The quantitative estimate of drug-likeness (QED) is 0.424. The number of carbonyl (C=O) groups is 1. The number of alkyl halides is 1. The SMILES string of the molecule is CC(Cl)OC(=O)Cl.CCCOc1cc(C)ccc1OC1C[C@H]2CC[C@@H](C1)N2C. The van der Waals surface area contributed by atoms with Gasteiger partial charge in [-0.2, -0.15) is 0 Å². The number of hydrogen-bond acceptors (Lipinski definition) is 5. The predicted molar refractivity (Wildman–Crippen MR) is 113 cm³/mol. The number of fused-ring (bicyclic) bond motifs is 2. The van der Waals surface area contributed by atoms with Crippen molar-refractivity contribution >= 4 is 28.6 Å². The number of hydrogen-bond donors (Lipinski definition) is 0. The van der Waals surface area contributed by atoms with Gasteiger partial charge in [-0.1, -0.05) is 24.6 Å². The van der Waals surface area contributed by atoms with Gasteiger partial charge < -0.3 is 19.1 Å². The first-order valence-electron chi connectivity index (χ1n) is 9.92. The lowest BCUT2D eigenvalue weighted by molar-refractivity contribution is 0.0638. The van der Waals surface area contributed by atoms with E-state index in [2.05, 4.69) is 48.7 Å². The van der Waals surface area contributed by atoms with Crippen LogP contribution in [-0.4, -0.2) is 47.7 Å². The summed E-state index contributed by atoms with van der Waals surface area (Å²) in [6.07, 6.45) is 6.31. The summed E-state index contributed by atoms with van der Waals surface area (Å²) in [5.74, 6) is 1.83. The second-order valence-electron chi connectivity index (χ2n) is 7.46. The van der Waals surface area contributed by atoms with Gasteiger partial charge in [0.2, 0.25) is 0 Å². The Morgan fingerprint density at radius 2 is 1.89 bits per heavy atom. The van der Waals surface area contributed by atoms with Crippen LogP contribution in [0.4, 0.5) is 4.79 Å². The molecule has 0 aromatic heterocycles. The third-order valence-electron chi connectivity index (χ3n) is 5.16. The maximum absolute atomic E-state index is 9.71. The summed E-state index contributed by atoms with van der Waals surface area (Å²) in [5.41, 5.74) is -0.288. The number of aryl methyl sites for hydroxylation is 1. The van der Waals surface area contributed by atoms with Crippen LogP contribution in [0, 0.1) is 6.92 Å². The predicted octanol–water partition coefficient (Wildman–Crippen LogP) is 5.73. The summed E-state index contributed by atoms with van der Waals surface area (Å²) in [7, 11) is 2.26. The molecule has 0 amide bonds. The van der Waals surface area contributed by atoms with Crippen molar-refractivity contribution in [1.29, 1.82) is 0 Å². The van der Waals surface area contributed by atoms with Crippen LogP contribution in [0.3, 0.4) is 0 Å². The molecule has 5 nitrogen and oxygen atoms in total. The van der Waals surface area contributed by atoms with Crippen molar-refractivity contribution in [2.75, 3.05) is 13.7 Å². The van der Waals surface area contributed by atoms with Gasteiger partial charge in [0.25, 0.3) is 0 Å². The van der Waals surface area contributed by atoms with Crippen LogP contribution in [0.5, 0.6) is 11.5 Å². The van der Waals surface area contributed by atoms with E-state index in [4.69, 9.17) is 32.7 Å². The van der Waals surface area contributed by atoms with Gasteiger partial charge in [0, 0.05) is 23.7 Å². The van der Waals surface area contributed by atoms with Crippen molar-refractivity contribution in [2.45, 2.75) is 76.6 Å². The zero-order chi connectivity index (χ0) is 20.7. The van der Waals surface area contributed by atoms with Crippen molar-refractivity contribution in [3.05, 3.63) is 23.8 Å². The molecule has 7 heteroatoms. The molecular formula is C21H31Cl2NO4. The van der Waals surface area contributed by atoms with Gasteiger partial charge in [0.1, 0.15) is 6.10 Å². The number of halogens is 2. The fourth-order valence-corrected chi connectivity index (χ4v) is 4.06. The Morgan fingerprint density at radius 3 is 2.39 bits per heavy atom. The lowest BCUT2D eigenvalue weighted by Gasteiger charge is -2.36. The molecule has 2 unspecified atom stereocenters. The molecule has 3 rings (SSSR count). The van der Waals surface area contributed by atoms with E-state index in [1.807, 2.05) is 0 Å². The Balaban J connectivity index is 0.000000345. The monoisotopic (exact) mass is 431 g/mol. The van der Waals surface area contributed by atoms with Gasteiger partial charge in [-0.15, -0.1) is 0 Å². The summed E-state index contributed by atoms with van der Waals surface area (Å²) in [6.45, 7) is 6.48. The molecule has 0 N–H and O–H groups in total. The fourth-order valence-electron chi connectivity index (χ4n) is 3.80. The van der Waals surface area contributed by atoms with Crippen LogP contribution < -0.4 is 9.47 Å². The molecule has 0 radical (unpaired) electrons. The van der Waals surface area contributed by atoms with E-state index in [0.717, 1.165) is 37.4 Å². The second-order valence-corrected chi connectivity index (χ2v) is 8.38. The van der Waals surface area contributed by atoms with Crippen molar-refractivity contribution < 1.29 is 19.0 Å². The molecule has 0 aliphatic carbocycles. The number of piperidine rings is 1. The molecule has 0 saturated carbocycles. The van der Waals surface area contributed by atoms with Gasteiger partial charge in [-0.3, -0.25) is 0 Å². The molecule has 158 valence electrons. The largest absolute Gasteiger partial charge is 0.490 e. The number of carbonyl (C=O) groups excluding carboxylic acids is 1. The first kappa shape index (κ1) is 23.1. The molecule has 28 heavy (non-hydrogen) atoms. The molecule has 2 fully saturated rings. The topological polar surface area (TPSA) is 48.0 Å². The van der Waals surface area contributed by atoms with E-state index in [1.54, 1.807) is 0 Å². The van der Waals surface area contributed by atoms with Crippen LogP contribution in [0.1, 0.15) is 51.5 Å². The Bertz CT molecular complexity index is 627. The Kier molecular flexibility index (Phi) is 9.19. The van der Waals surface area contributed by atoms with Crippen molar-refractivity contribution in [1.82, 2.24) is 4.90 Å². The highest BCUT2D eigenvalue weighted by molar-refractivity contribution is 6.61. The van der Waals surface area contributed by atoms with E-state index < -0.39 is 11.0 Å². The van der Waals surface area contributed by atoms with E-state index in [1.165, 1.54) is 25.3 Å². The smallest absolute Gasteiger partial charge is 0.405 e. The van der Waals surface area contributed by atoms with Crippen LogP contribution in [0.2, 0.25) is 0 Å². The Hall–Kier alpha value is -1.17. The van der Waals surface area contributed by atoms with Crippen LogP contribution in [0.15, 0.2) is 18.2 Å². The third-order valence-corrected chi connectivity index (χ3v) is 5.34. The van der Waals surface area contributed by atoms with Crippen LogP contribution >= 0.6 is 23.2 Å². The van der Waals surface area contributed by atoms with Gasteiger partial charge in [0.05, 0.1) is 6.61 Å². The summed E-state index contributed by atoms with van der Waals surface area (Å²) in [5, 5.41) is 0. The van der Waals surface area contributed by atoms with Crippen molar-refractivity contribution in [3.63, 3.8) is 0 Å². The van der Waals surface area contributed by atoms with Crippen molar-refractivity contribution in [2.24, 2.45) is 0 Å². The highest BCUT2D eigenvalue weighted by Crippen LogP contribution is 2.38. The molecule has 2 bridgehead atoms. The van der Waals surface area contributed by atoms with E-state index in [0.29, 0.717) is 18.2 Å². The first-order valence-corrected chi connectivity index (χ1v) is 10.7. The fraction of sp³-hybridized carbons (Fsp3) is 0.667. The highest BCUT2D eigenvalue weighted by Gasteiger charge is 2.39. The number of ether oxygens (including phenoxy) is 3. The maximum atomic E-state index is 9.71. The minimum absolute atomic E-state index is 0.338. The standard InChI is InChI=1S/C18H27NO2.C3H4Cl2O2/c1-4-9-20-18-10-13(2)5-8-17(18)21-16-11-14-6-7-15(12-16)19(14)3;1-2(4)7-3(5)6/h5,8,10,14-16H,4,6-7,9,11-12H2,1-3H3;2H,1H3/t14-,15+,16?;. The summed E-state index contributed by atoms with van der Waals surface area (Å²) in [6, 6.07) is 7.69. The minimum atomic E-state index is -0.873. The van der Waals surface area contributed by atoms with E-state index >= 15 is 0 Å². The highest BCUT2D eigenvalue weighted by atomic mass is 35.5. The average molecular weight is 432 g/mol. The van der Waals surface area contributed by atoms with Gasteiger partial charge in [-0.05, 0) is 70.7 Å². The summed E-state index contributed by atoms with van der Waals surface area (Å²) < 4.78 is 16.3. The molecule has 2 aliphatic rings. The zero-order valence-corrected chi connectivity index (χ0v) is 18.6. The van der Waals surface area contributed by atoms with Gasteiger partial charge in [-0.25, -0.2) is 4.79 Å². The van der Waals surface area contributed by atoms with Gasteiger partial charge >= 0.3 is 5.43 Å². The average Bonchev–Trinajstić information content (AvgIpc) is 2.82. The van der Waals surface area contributed by atoms with Crippen molar-refractivity contribution in [3.8, 4) is 11.5 Å². The third kappa shape index (κ3) is 7.02. The second kappa shape index (κ2) is 11.1. The molecule has 4 atom stereocenters. The maximum Gasteiger partial charge on any atom is 0.405 e. The molecule has 1 aromatic carbocycles. The van der Waals surface area contributed by atoms with Gasteiger partial charge in [0.15, 0.2) is 17.1 Å². The molecule has 2 saturated heterocycles. The normalized spacial score (nSPS) is 24.7. The van der Waals surface area contributed by atoms with Crippen LogP contribution in [0.25, 0.3) is 0 Å². The number of benzene rings is 1. The molecule has 2 aliphatic heterocycles. The van der Waals surface area contributed by atoms with Crippen LogP contribution in [-0.2, 0) is 4.74 Å². The summed E-state index contributed by atoms with van der Waals surface area (Å²) in [4.78, 5) is 12.3. The molecular weight excluding hydrogens is 401 g/mol. The molecule has 2 heterocycles. The van der Waals surface area contributed by atoms with E-state index in [-0.39, 0.29) is 0 Å². The molecule has 1 aromatic rings. The molecule has 0 spiro atoms. The minimum Gasteiger partial charge on any atom is -0.490 e. The van der Waals surface area contributed by atoms with E-state index in [9.17, 15) is 4.79 Å². The Labute approximate surface area is 178 Å². The number of rotatable bonds is 6. The lowest BCUT2D eigenvalue weighted by atomic mass is 10.0. The lowest BCUT2D eigenvalue weighted by Crippen LogP contribution is -2.43. The number of nitrogens with zero attached hydrogens (tertiary/aromatic N) is 1. The zero-order valence-electron chi connectivity index (χ0n) is 17.1. The Morgan fingerprint density at radius 1 is 1.25 bits per heavy atom.